The van der Waals surface area contributed by atoms with Gasteiger partial charge < -0.3 is 0 Å². The van der Waals surface area contributed by atoms with Crippen molar-refractivity contribution in [3.05, 3.63) is 0 Å². The van der Waals surface area contributed by atoms with Crippen LogP contribution in [-0.4, -0.2) is 0 Å². The van der Waals surface area contributed by atoms with Gasteiger partial charge in [0.2, 0.25) is 0 Å². The van der Waals surface area contributed by atoms with Crippen LogP contribution < -0.4 is 37.7 Å². The van der Waals surface area contributed by atoms with Crippen LogP contribution in [0.1, 0.15) is 0 Å². The van der Waals surface area contributed by atoms with Crippen molar-refractivity contribution in [1.29, 1.82) is 21.0 Å². The van der Waals surface area contributed by atoms with Crippen LogP contribution in [0.25, 0.3) is 0 Å². The topological polar surface area (TPSA) is 95.2 Å². The van der Waals surface area contributed by atoms with E-state index in [2.05, 4.69) is 0 Å². The monoisotopic (exact) mass is 176 g/mol. The van der Waals surface area contributed by atoms with E-state index in [0.29, 0.717) is 0 Å². The molecule has 4 nitrogen and oxygen atoms in total. The molecule has 0 heterocycles. The smallest absolute Gasteiger partial charge is 1.00 e. The molecule has 0 aromatic carbocycles. The number of hydrogen-bond acceptors (Lipinski definition) is 4. The minimum atomic E-state index is -3.03. The van der Waals surface area contributed by atoms with Gasteiger partial charge in [0, 0.05) is 0 Å². The molecule has 0 aliphatic heterocycles. The molecule has 0 N–H and O–H groups in total. The molecule has 0 radical (unpaired) electrons. The van der Waals surface area contributed by atoms with Crippen molar-refractivity contribution in [2.24, 2.45) is 0 Å². The molecule has 0 saturated carbocycles. The van der Waals surface area contributed by atoms with Gasteiger partial charge >= 0.3 is 91.3 Å². The Labute approximate surface area is 90.8 Å². The fourth-order valence-corrected chi connectivity index (χ4v) is 0.391. The molecule has 0 aliphatic rings. The molecule has 0 aromatic heterocycles. The molecule has 0 atom stereocenters. The Bertz CT molecular complexity index is 213. The maximum atomic E-state index is 8.10. The van der Waals surface area contributed by atoms with E-state index in [4.69, 9.17) is 21.0 Å². The summed E-state index contributed by atoms with van der Waals surface area (Å²) >= 11 is -3.03. The van der Waals surface area contributed by atoms with Crippen molar-refractivity contribution >= 4 is 0 Å². The van der Waals surface area contributed by atoms with Crippen LogP contribution >= 0.6 is 0 Å². The molecule has 48 valence electrons. The largest absolute Gasteiger partial charge is 1.00 e. The zero-order chi connectivity index (χ0) is 7.33. The molecule has 0 spiro atoms. The predicted octanol–water partition coefficient (Wildman–Crippen LogP) is -5.93. The van der Waals surface area contributed by atoms with Crippen molar-refractivity contribution in [3.63, 3.8) is 0 Å². The first-order valence-corrected chi connectivity index (χ1v) is 3.50. The summed E-state index contributed by atoms with van der Waals surface area (Å²) in [5, 5.41) is 37.9. The van der Waals surface area contributed by atoms with E-state index in [0.717, 1.165) is 0 Å². The van der Waals surface area contributed by atoms with E-state index in [1.165, 1.54) is 20.2 Å². The van der Waals surface area contributed by atoms with Gasteiger partial charge in [-0.2, -0.15) is 0 Å². The second-order valence-electron chi connectivity index (χ2n) is 0.757. The Balaban J connectivity index is -0.000000320. The van der Waals surface area contributed by atoms with Gasteiger partial charge in [0.05, 0.1) is 0 Å². The summed E-state index contributed by atoms with van der Waals surface area (Å²) in [4.78, 5) is 0. The third kappa shape index (κ3) is 4.16. The van der Waals surface area contributed by atoms with Gasteiger partial charge in [0.25, 0.3) is 0 Å². The molecule has 0 aromatic rings. The first-order chi connectivity index (χ1) is 4.24. The Morgan fingerprint density at radius 3 is 0.818 bits per heavy atom. The van der Waals surface area contributed by atoms with Gasteiger partial charge in [-0.05, 0) is 0 Å². The fraction of sp³-hybridized carbons (Fsp3) is 0. The SMILES string of the molecule is N#[C][Ni-2]([C]#N)([C]#N)[C]#N.[Li+].[Li+]. The molecular formula is C4Li2N4Ni. The summed E-state index contributed by atoms with van der Waals surface area (Å²) in [5.74, 6) is 0. The van der Waals surface area contributed by atoms with Crippen LogP contribution in [0.4, 0.5) is 0 Å². The zero-order valence-corrected chi connectivity index (χ0v) is 7.09. The Kier molecular flexibility index (Phi) is 11.9. The standard InChI is InChI=1S/4CN.2Li.Ni/c4*1-2;;;/q;;;;2*+1;-2. The maximum absolute atomic E-state index is 8.10. The Hall–Kier alpha value is -0.352. The predicted molar refractivity (Wildman–Crippen MR) is 22.5 cm³/mol. The molecule has 0 bridgehead atoms. The minimum absolute atomic E-state index is 0. The van der Waals surface area contributed by atoms with E-state index in [1.807, 2.05) is 0 Å². The number of nitriles is 4. The summed E-state index contributed by atoms with van der Waals surface area (Å²) in [6.07, 6.45) is 0. The molecule has 0 fully saturated rings. The van der Waals surface area contributed by atoms with Crippen molar-refractivity contribution in [1.82, 2.24) is 0 Å². The minimum Gasteiger partial charge on any atom is 1.00 e. The second kappa shape index (κ2) is 7.75. The van der Waals surface area contributed by atoms with Crippen LogP contribution in [0.15, 0.2) is 0 Å². The summed E-state index contributed by atoms with van der Waals surface area (Å²) in [7, 11) is 0. The van der Waals surface area contributed by atoms with Crippen molar-refractivity contribution in [2.75, 3.05) is 0 Å². The zero-order valence-electron chi connectivity index (χ0n) is 6.11. The van der Waals surface area contributed by atoms with Crippen LogP contribution in [0, 0.1) is 41.2 Å². The van der Waals surface area contributed by atoms with Crippen molar-refractivity contribution in [3.8, 4) is 20.2 Å². The fourth-order valence-electron chi connectivity index (χ4n) is 0.0949. The average molecular weight is 177 g/mol. The second-order valence-corrected chi connectivity index (χ2v) is 3.12. The van der Waals surface area contributed by atoms with Gasteiger partial charge in [-0.3, -0.25) is 0 Å². The Morgan fingerprint density at radius 1 is 0.636 bits per heavy atom. The van der Waals surface area contributed by atoms with E-state index < -0.39 is 12.4 Å². The van der Waals surface area contributed by atoms with E-state index >= 15 is 0 Å². The van der Waals surface area contributed by atoms with E-state index in [1.54, 1.807) is 0 Å². The molecular weight excluding hydrogens is 177 g/mol. The van der Waals surface area contributed by atoms with Crippen molar-refractivity contribution < 1.29 is 50.1 Å². The molecule has 7 heteroatoms. The van der Waals surface area contributed by atoms with Crippen LogP contribution in [0.2, 0.25) is 0 Å². The summed E-state index contributed by atoms with van der Waals surface area (Å²) in [5.41, 5.74) is 0. The van der Waals surface area contributed by atoms with Gasteiger partial charge in [0.1, 0.15) is 0 Å². The first-order valence-electron chi connectivity index (χ1n) is 1.53. The van der Waals surface area contributed by atoms with Gasteiger partial charge in [-0.25, -0.2) is 0 Å². The van der Waals surface area contributed by atoms with Crippen LogP contribution in [0.5, 0.6) is 0 Å². The summed E-state index contributed by atoms with van der Waals surface area (Å²) in [6.45, 7) is 0. The summed E-state index contributed by atoms with van der Waals surface area (Å²) < 4.78 is 0. The Morgan fingerprint density at radius 2 is 0.818 bits per heavy atom. The van der Waals surface area contributed by atoms with Gasteiger partial charge in [-0.1, -0.05) is 0 Å². The average Bonchev–Trinajstić information content (AvgIpc) is 1.95. The summed E-state index contributed by atoms with van der Waals surface area (Å²) in [6, 6.07) is 0. The first kappa shape index (κ1) is 16.9. The third-order valence-electron chi connectivity index (χ3n) is 0.424. The van der Waals surface area contributed by atoms with E-state index in [9.17, 15) is 0 Å². The van der Waals surface area contributed by atoms with Crippen LogP contribution in [0.3, 0.4) is 0 Å². The number of rotatable bonds is 0. The van der Waals surface area contributed by atoms with Gasteiger partial charge in [0.15, 0.2) is 0 Å². The molecule has 0 amide bonds. The third-order valence-corrected chi connectivity index (χ3v) is 1.75. The number of nitrogens with zero attached hydrogens (tertiary/aromatic N) is 4. The number of hydrogen-bond donors (Lipinski definition) is 0. The molecule has 0 saturated heterocycles. The van der Waals surface area contributed by atoms with Crippen molar-refractivity contribution in [2.45, 2.75) is 0 Å². The maximum Gasteiger partial charge on any atom is 1.00 e. The normalized spacial score (nSPS) is 7.64. The molecule has 11 heavy (non-hydrogen) atoms. The quantitative estimate of drug-likeness (QED) is 0.344. The molecule has 0 aliphatic carbocycles. The van der Waals surface area contributed by atoms with Gasteiger partial charge in [-0.15, -0.1) is 0 Å². The molecule has 0 rings (SSSR count). The van der Waals surface area contributed by atoms with E-state index in [-0.39, 0.29) is 37.7 Å². The van der Waals surface area contributed by atoms with Crippen LogP contribution in [-0.2, 0) is 12.4 Å². The molecule has 0 unspecified atom stereocenters.